The number of carbonyl (C=O) groups excluding carboxylic acids is 1. The number of nitrogens with zero attached hydrogens (tertiary/aromatic N) is 1. The van der Waals surface area contributed by atoms with E-state index in [1.165, 1.54) is 29.1 Å². The van der Waals surface area contributed by atoms with Crippen LogP contribution >= 0.6 is 11.3 Å². The molecule has 0 aliphatic carbocycles. The molecular formula is C17H28N2O3S. The van der Waals surface area contributed by atoms with E-state index in [1.54, 1.807) is 20.8 Å². The van der Waals surface area contributed by atoms with Crippen LogP contribution in [0, 0.1) is 6.92 Å². The number of hydrogen-bond donors (Lipinski definition) is 2. The van der Waals surface area contributed by atoms with Crippen molar-refractivity contribution in [2.75, 3.05) is 13.1 Å². The molecule has 0 radical (unpaired) electrons. The van der Waals surface area contributed by atoms with Crippen LogP contribution in [0.5, 0.6) is 0 Å². The van der Waals surface area contributed by atoms with E-state index in [0.717, 1.165) is 30.1 Å². The number of esters is 1. The van der Waals surface area contributed by atoms with Crippen molar-refractivity contribution in [2.24, 2.45) is 5.73 Å². The first-order valence-electron chi connectivity index (χ1n) is 8.15. The summed E-state index contributed by atoms with van der Waals surface area (Å²) in [4.78, 5) is 16.4. The van der Waals surface area contributed by atoms with E-state index < -0.39 is 23.7 Å². The molecule has 1 fully saturated rings. The number of likely N-dealkylation sites (tertiary alicyclic amines) is 1. The Morgan fingerprint density at radius 1 is 1.43 bits per heavy atom. The zero-order valence-corrected chi connectivity index (χ0v) is 15.3. The van der Waals surface area contributed by atoms with Crippen LogP contribution in [-0.2, 0) is 16.1 Å². The monoisotopic (exact) mass is 340 g/mol. The van der Waals surface area contributed by atoms with Crippen LogP contribution in [0.4, 0.5) is 0 Å². The van der Waals surface area contributed by atoms with Crippen molar-refractivity contribution in [1.82, 2.24) is 4.90 Å². The molecule has 0 saturated carbocycles. The molecule has 0 amide bonds. The summed E-state index contributed by atoms with van der Waals surface area (Å²) in [7, 11) is 0. The molecule has 1 aliphatic rings. The summed E-state index contributed by atoms with van der Waals surface area (Å²) in [5.41, 5.74) is 6.28. The molecule has 130 valence electrons. The minimum absolute atomic E-state index is 0.570. The number of nitrogens with two attached hydrogens (primary N) is 1. The minimum atomic E-state index is -1.06. The number of hydrogen-bond acceptors (Lipinski definition) is 6. The van der Waals surface area contributed by atoms with Gasteiger partial charge in [0.05, 0.1) is 0 Å². The third-order valence-corrected chi connectivity index (χ3v) is 5.17. The quantitative estimate of drug-likeness (QED) is 0.805. The summed E-state index contributed by atoms with van der Waals surface area (Å²) in [6.07, 6.45) is 1.48. The van der Waals surface area contributed by atoms with Crippen LogP contribution in [0.25, 0.3) is 0 Å². The van der Waals surface area contributed by atoms with Gasteiger partial charge in [-0.05, 0) is 65.3 Å². The molecule has 0 bridgehead atoms. The van der Waals surface area contributed by atoms with Crippen LogP contribution in [0.2, 0.25) is 0 Å². The van der Waals surface area contributed by atoms with Crippen LogP contribution in [0.3, 0.4) is 0 Å². The molecule has 2 heterocycles. The lowest BCUT2D eigenvalue weighted by molar-refractivity contribution is -0.159. The molecule has 2 unspecified atom stereocenters. The Morgan fingerprint density at radius 3 is 2.61 bits per heavy atom. The van der Waals surface area contributed by atoms with Crippen LogP contribution in [0.15, 0.2) is 6.07 Å². The molecule has 2 atom stereocenters. The summed E-state index contributed by atoms with van der Waals surface area (Å²) >= 11 is 1.54. The fourth-order valence-corrected chi connectivity index (χ4v) is 4.01. The van der Waals surface area contributed by atoms with Crippen molar-refractivity contribution in [3.63, 3.8) is 0 Å². The summed E-state index contributed by atoms with van der Waals surface area (Å²) in [6.45, 7) is 10.5. The number of aryl methyl sites for hydroxylation is 1. The second-order valence-electron chi connectivity index (χ2n) is 7.25. The summed E-state index contributed by atoms with van der Waals surface area (Å²) in [5.74, 6) is -0.570. The molecule has 1 saturated heterocycles. The van der Waals surface area contributed by atoms with Crippen molar-refractivity contribution < 1.29 is 14.6 Å². The summed E-state index contributed by atoms with van der Waals surface area (Å²) in [5, 5.41) is 10.5. The van der Waals surface area contributed by atoms with E-state index in [9.17, 15) is 9.90 Å². The van der Waals surface area contributed by atoms with Crippen molar-refractivity contribution in [3.8, 4) is 0 Å². The largest absolute Gasteiger partial charge is 0.459 e. The standard InChI is InChI=1S/C17H28N2O3S/c1-11-9-12(10-19-7-5-6-8-19)23-15(11)14(20)13(18)16(21)22-17(2,3)4/h9,13-14,20H,5-8,10,18H2,1-4H3. The highest BCUT2D eigenvalue weighted by molar-refractivity contribution is 7.12. The number of thiophene rings is 1. The number of carbonyl (C=O) groups is 1. The first kappa shape index (κ1) is 18.4. The van der Waals surface area contributed by atoms with Crippen molar-refractivity contribution in [2.45, 2.75) is 64.8 Å². The Morgan fingerprint density at radius 2 is 2.04 bits per heavy atom. The molecule has 3 N–H and O–H groups in total. The summed E-state index contributed by atoms with van der Waals surface area (Å²) in [6, 6.07) is 1.02. The molecule has 6 heteroatoms. The lowest BCUT2D eigenvalue weighted by atomic mass is 10.1. The van der Waals surface area contributed by atoms with Crippen LogP contribution < -0.4 is 5.73 Å². The maximum Gasteiger partial charge on any atom is 0.326 e. The average Bonchev–Trinajstić information content (AvgIpc) is 3.05. The number of ether oxygens (including phenoxy) is 1. The van der Waals surface area contributed by atoms with Gasteiger partial charge in [-0.2, -0.15) is 0 Å². The van der Waals surface area contributed by atoms with Crippen LogP contribution in [-0.4, -0.2) is 40.7 Å². The lowest BCUT2D eigenvalue weighted by Gasteiger charge is -2.24. The highest BCUT2D eigenvalue weighted by atomic mass is 32.1. The maximum atomic E-state index is 12.1. The molecule has 0 spiro atoms. The van der Waals surface area contributed by atoms with E-state index in [1.807, 2.05) is 6.92 Å². The first-order chi connectivity index (χ1) is 10.7. The van der Waals surface area contributed by atoms with Gasteiger partial charge in [-0.15, -0.1) is 11.3 Å². The van der Waals surface area contributed by atoms with E-state index >= 15 is 0 Å². The van der Waals surface area contributed by atoms with Gasteiger partial charge in [0.2, 0.25) is 0 Å². The zero-order chi connectivity index (χ0) is 17.2. The maximum absolute atomic E-state index is 12.1. The van der Waals surface area contributed by atoms with Gasteiger partial charge in [-0.3, -0.25) is 9.69 Å². The molecular weight excluding hydrogens is 312 g/mol. The van der Waals surface area contributed by atoms with Gasteiger partial charge >= 0.3 is 5.97 Å². The Kier molecular flexibility index (Phi) is 5.84. The van der Waals surface area contributed by atoms with Gasteiger partial charge < -0.3 is 15.6 Å². The minimum Gasteiger partial charge on any atom is -0.459 e. The molecule has 23 heavy (non-hydrogen) atoms. The van der Waals surface area contributed by atoms with E-state index in [0.29, 0.717) is 0 Å². The van der Waals surface area contributed by atoms with Gasteiger partial charge in [0.25, 0.3) is 0 Å². The van der Waals surface area contributed by atoms with Crippen molar-refractivity contribution >= 4 is 17.3 Å². The zero-order valence-electron chi connectivity index (χ0n) is 14.5. The van der Waals surface area contributed by atoms with Gasteiger partial charge in [0, 0.05) is 16.3 Å². The third kappa shape index (κ3) is 5.01. The Labute approximate surface area is 142 Å². The smallest absolute Gasteiger partial charge is 0.326 e. The average molecular weight is 340 g/mol. The fourth-order valence-electron chi connectivity index (χ4n) is 2.76. The normalized spacial score (nSPS) is 18.9. The molecule has 1 aliphatic heterocycles. The van der Waals surface area contributed by atoms with Gasteiger partial charge in [0.1, 0.15) is 17.7 Å². The highest BCUT2D eigenvalue weighted by Crippen LogP contribution is 2.31. The lowest BCUT2D eigenvalue weighted by Crippen LogP contribution is -2.41. The Hall–Kier alpha value is -0.950. The molecule has 2 rings (SSSR count). The molecule has 1 aromatic heterocycles. The highest BCUT2D eigenvalue weighted by Gasteiger charge is 2.31. The van der Waals surface area contributed by atoms with Crippen molar-refractivity contribution in [3.05, 3.63) is 21.4 Å². The molecule has 5 nitrogen and oxygen atoms in total. The van der Waals surface area contributed by atoms with E-state index in [2.05, 4.69) is 11.0 Å². The first-order valence-corrected chi connectivity index (χ1v) is 8.97. The van der Waals surface area contributed by atoms with Gasteiger partial charge in [-0.25, -0.2) is 0 Å². The predicted molar refractivity (Wildman–Crippen MR) is 92.3 cm³/mol. The van der Waals surface area contributed by atoms with Gasteiger partial charge in [0.15, 0.2) is 0 Å². The van der Waals surface area contributed by atoms with E-state index in [-0.39, 0.29) is 0 Å². The second-order valence-corrected chi connectivity index (χ2v) is 8.42. The van der Waals surface area contributed by atoms with Crippen LogP contribution in [0.1, 0.15) is 55.0 Å². The Balaban J connectivity index is 2.04. The topological polar surface area (TPSA) is 75.8 Å². The molecule has 1 aromatic rings. The number of aliphatic hydroxyl groups excluding tert-OH is 1. The predicted octanol–water partition coefficient (Wildman–Crippen LogP) is 2.35. The Bertz CT molecular complexity index is 545. The fraction of sp³-hybridized carbons (Fsp3) is 0.706. The van der Waals surface area contributed by atoms with Gasteiger partial charge in [-0.1, -0.05) is 0 Å². The second kappa shape index (κ2) is 7.30. The van der Waals surface area contributed by atoms with E-state index in [4.69, 9.17) is 10.5 Å². The number of aliphatic hydroxyl groups is 1. The SMILES string of the molecule is Cc1cc(CN2CCCC2)sc1C(O)C(N)C(=O)OC(C)(C)C. The third-order valence-electron chi connectivity index (χ3n) is 3.87. The van der Waals surface area contributed by atoms with Crippen molar-refractivity contribution in [1.29, 1.82) is 0 Å². The number of rotatable bonds is 5. The summed E-state index contributed by atoms with van der Waals surface area (Å²) < 4.78 is 5.27. The molecule has 0 aromatic carbocycles.